The van der Waals surface area contributed by atoms with Gasteiger partial charge in [-0.25, -0.2) is 8.42 Å². The van der Waals surface area contributed by atoms with Gasteiger partial charge < -0.3 is 5.32 Å². The van der Waals surface area contributed by atoms with E-state index in [1.54, 1.807) is 0 Å². The molecule has 4 heteroatoms. The lowest BCUT2D eigenvalue weighted by Crippen LogP contribution is -2.36. The van der Waals surface area contributed by atoms with Crippen molar-refractivity contribution in [1.29, 1.82) is 0 Å². The first-order valence-electron chi connectivity index (χ1n) is 6.84. The van der Waals surface area contributed by atoms with Crippen LogP contribution < -0.4 is 5.32 Å². The summed E-state index contributed by atoms with van der Waals surface area (Å²) in [6.45, 7) is 0. The standard InChI is InChI=1S/C13H25NO2S/c1-14-13(4-3-7-17(2,15)16)12-9-10-5-6-11(12)8-10/h10-14H,3-9H2,1-2H3. The molecule has 0 aromatic rings. The van der Waals surface area contributed by atoms with Gasteiger partial charge in [0, 0.05) is 18.1 Å². The Labute approximate surface area is 105 Å². The minimum Gasteiger partial charge on any atom is -0.317 e. The van der Waals surface area contributed by atoms with Crippen LogP contribution in [0.3, 0.4) is 0 Å². The third-order valence-electron chi connectivity index (χ3n) is 4.71. The van der Waals surface area contributed by atoms with Crippen LogP contribution in [0.5, 0.6) is 0 Å². The van der Waals surface area contributed by atoms with Gasteiger partial charge in [-0.05, 0) is 56.9 Å². The van der Waals surface area contributed by atoms with Crippen LogP contribution in [0.15, 0.2) is 0 Å². The highest BCUT2D eigenvalue weighted by atomic mass is 32.2. The largest absolute Gasteiger partial charge is 0.317 e. The second-order valence-electron chi connectivity index (χ2n) is 6.01. The Morgan fingerprint density at radius 1 is 1.29 bits per heavy atom. The fraction of sp³-hybridized carbons (Fsp3) is 1.00. The molecule has 0 aromatic carbocycles. The summed E-state index contributed by atoms with van der Waals surface area (Å²) < 4.78 is 22.3. The van der Waals surface area contributed by atoms with Gasteiger partial charge in [0.2, 0.25) is 0 Å². The molecule has 0 aromatic heterocycles. The molecule has 2 fully saturated rings. The maximum absolute atomic E-state index is 11.1. The fourth-order valence-electron chi connectivity index (χ4n) is 3.92. The molecule has 0 saturated heterocycles. The third-order valence-corrected chi connectivity index (χ3v) is 5.74. The lowest BCUT2D eigenvalue weighted by atomic mass is 9.82. The van der Waals surface area contributed by atoms with E-state index in [4.69, 9.17) is 0 Å². The van der Waals surface area contributed by atoms with E-state index in [9.17, 15) is 8.42 Å². The van der Waals surface area contributed by atoms with Crippen LogP contribution in [0.4, 0.5) is 0 Å². The molecule has 2 bridgehead atoms. The Morgan fingerprint density at radius 3 is 2.53 bits per heavy atom. The topological polar surface area (TPSA) is 46.2 Å². The van der Waals surface area contributed by atoms with E-state index < -0.39 is 9.84 Å². The number of hydrogen-bond donors (Lipinski definition) is 1. The SMILES string of the molecule is CNC(CCCS(C)(=O)=O)C1CC2CCC1C2. The number of fused-ring (bicyclic) bond motifs is 2. The Hall–Kier alpha value is -0.0900. The fourth-order valence-corrected chi connectivity index (χ4v) is 4.62. The molecule has 4 unspecified atom stereocenters. The number of sulfone groups is 1. The van der Waals surface area contributed by atoms with Gasteiger partial charge in [0.05, 0.1) is 0 Å². The second kappa shape index (κ2) is 5.27. The van der Waals surface area contributed by atoms with E-state index >= 15 is 0 Å². The Morgan fingerprint density at radius 2 is 2.06 bits per heavy atom. The molecule has 3 nitrogen and oxygen atoms in total. The first-order chi connectivity index (χ1) is 7.99. The molecule has 0 aliphatic heterocycles. The Balaban J connectivity index is 1.81. The van der Waals surface area contributed by atoms with Crippen LogP contribution in [-0.4, -0.2) is 33.5 Å². The van der Waals surface area contributed by atoms with E-state index in [2.05, 4.69) is 5.32 Å². The lowest BCUT2D eigenvalue weighted by Gasteiger charge is -2.30. The molecule has 4 atom stereocenters. The quantitative estimate of drug-likeness (QED) is 0.791. The molecule has 1 N–H and O–H groups in total. The molecule has 2 saturated carbocycles. The van der Waals surface area contributed by atoms with Crippen LogP contribution in [0, 0.1) is 17.8 Å². The highest BCUT2D eigenvalue weighted by molar-refractivity contribution is 7.90. The summed E-state index contributed by atoms with van der Waals surface area (Å²) in [5.74, 6) is 3.02. The van der Waals surface area contributed by atoms with Crippen LogP contribution in [0.1, 0.15) is 38.5 Å². The molecular formula is C13H25NO2S. The van der Waals surface area contributed by atoms with Gasteiger partial charge in [0.15, 0.2) is 0 Å². The molecule has 0 amide bonds. The van der Waals surface area contributed by atoms with Gasteiger partial charge >= 0.3 is 0 Å². The van der Waals surface area contributed by atoms with Crippen LogP contribution >= 0.6 is 0 Å². The van der Waals surface area contributed by atoms with Crippen molar-refractivity contribution < 1.29 is 8.42 Å². The molecule has 0 radical (unpaired) electrons. The number of nitrogens with one attached hydrogen (secondary N) is 1. The monoisotopic (exact) mass is 259 g/mol. The summed E-state index contributed by atoms with van der Waals surface area (Å²) in [6, 6.07) is 0.534. The van der Waals surface area contributed by atoms with E-state index in [0.717, 1.165) is 30.6 Å². The summed E-state index contributed by atoms with van der Waals surface area (Å²) in [5.41, 5.74) is 0. The minimum atomic E-state index is -2.79. The summed E-state index contributed by atoms with van der Waals surface area (Å²) in [6.07, 6.45) is 8.78. The first kappa shape index (κ1) is 13.3. The zero-order valence-electron chi connectivity index (χ0n) is 11.0. The van der Waals surface area contributed by atoms with Gasteiger partial charge in [-0.1, -0.05) is 6.42 Å². The lowest BCUT2D eigenvalue weighted by molar-refractivity contribution is 0.246. The van der Waals surface area contributed by atoms with E-state index in [-0.39, 0.29) is 0 Å². The van der Waals surface area contributed by atoms with Gasteiger partial charge in [-0.2, -0.15) is 0 Å². The summed E-state index contributed by atoms with van der Waals surface area (Å²) in [5, 5.41) is 3.42. The smallest absolute Gasteiger partial charge is 0.147 e. The molecule has 17 heavy (non-hydrogen) atoms. The van der Waals surface area contributed by atoms with Crippen molar-refractivity contribution in [3.8, 4) is 0 Å². The molecular weight excluding hydrogens is 234 g/mol. The zero-order valence-corrected chi connectivity index (χ0v) is 11.8. The Bertz CT molecular complexity index is 352. The zero-order chi connectivity index (χ0) is 12.5. The van der Waals surface area contributed by atoms with Crippen molar-refractivity contribution in [3.05, 3.63) is 0 Å². The van der Waals surface area contributed by atoms with Crippen molar-refractivity contribution in [2.45, 2.75) is 44.6 Å². The molecule has 0 spiro atoms. The minimum absolute atomic E-state index is 0.339. The van der Waals surface area contributed by atoms with Crippen LogP contribution in [-0.2, 0) is 9.84 Å². The van der Waals surface area contributed by atoms with Gasteiger partial charge in [0.1, 0.15) is 9.84 Å². The maximum Gasteiger partial charge on any atom is 0.147 e. The van der Waals surface area contributed by atoms with Crippen molar-refractivity contribution in [2.75, 3.05) is 19.1 Å². The number of hydrogen-bond acceptors (Lipinski definition) is 3. The van der Waals surface area contributed by atoms with Crippen molar-refractivity contribution >= 4 is 9.84 Å². The van der Waals surface area contributed by atoms with E-state index in [1.807, 2.05) is 7.05 Å². The van der Waals surface area contributed by atoms with E-state index in [0.29, 0.717) is 11.8 Å². The summed E-state index contributed by atoms with van der Waals surface area (Å²) in [7, 11) is -0.765. The third kappa shape index (κ3) is 3.44. The first-order valence-corrected chi connectivity index (χ1v) is 8.90. The average molecular weight is 259 g/mol. The molecule has 0 heterocycles. The van der Waals surface area contributed by atoms with Crippen LogP contribution in [0.2, 0.25) is 0 Å². The second-order valence-corrected chi connectivity index (χ2v) is 8.27. The van der Waals surface area contributed by atoms with E-state index in [1.165, 1.54) is 31.9 Å². The molecule has 2 aliphatic rings. The molecule has 2 rings (SSSR count). The normalized spacial score (nSPS) is 34.1. The predicted octanol–water partition coefficient (Wildman–Crippen LogP) is 1.84. The van der Waals surface area contributed by atoms with Gasteiger partial charge in [0.25, 0.3) is 0 Å². The highest BCUT2D eigenvalue weighted by Crippen LogP contribution is 2.50. The Kier molecular flexibility index (Phi) is 4.14. The van der Waals surface area contributed by atoms with Crippen molar-refractivity contribution in [3.63, 3.8) is 0 Å². The predicted molar refractivity (Wildman–Crippen MR) is 70.7 cm³/mol. The maximum atomic E-state index is 11.1. The summed E-state index contributed by atoms with van der Waals surface area (Å²) >= 11 is 0. The van der Waals surface area contributed by atoms with Gasteiger partial charge in [-0.15, -0.1) is 0 Å². The summed E-state index contributed by atoms with van der Waals surface area (Å²) in [4.78, 5) is 0. The average Bonchev–Trinajstić information content (AvgIpc) is 2.84. The van der Waals surface area contributed by atoms with Crippen molar-refractivity contribution in [1.82, 2.24) is 5.32 Å². The van der Waals surface area contributed by atoms with Gasteiger partial charge in [-0.3, -0.25) is 0 Å². The molecule has 2 aliphatic carbocycles. The van der Waals surface area contributed by atoms with Crippen LogP contribution in [0.25, 0.3) is 0 Å². The number of rotatable bonds is 6. The highest BCUT2D eigenvalue weighted by Gasteiger charge is 2.42. The molecule has 100 valence electrons. The van der Waals surface area contributed by atoms with Crippen molar-refractivity contribution in [2.24, 2.45) is 17.8 Å².